The van der Waals surface area contributed by atoms with Crippen LogP contribution in [0.15, 0.2) is 35.7 Å². The Kier molecular flexibility index (Phi) is 6.64. The Labute approximate surface area is 181 Å². The maximum atomic E-state index is 13.2. The molecule has 1 aromatic carbocycles. The van der Waals surface area contributed by atoms with E-state index >= 15 is 0 Å². The lowest BCUT2D eigenvalue weighted by Gasteiger charge is -2.40. The summed E-state index contributed by atoms with van der Waals surface area (Å²) < 4.78 is 0. The van der Waals surface area contributed by atoms with Crippen LogP contribution in [0.2, 0.25) is 0 Å². The van der Waals surface area contributed by atoms with Gasteiger partial charge < -0.3 is 20.0 Å². The molecule has 2 aliphatic heterocycles. The molecule has 1 atom stereocenters. The monoisotopic (exact) mass is 427 g/mol. The largest absolute Gasteiger partial charge is 0.338 e. The van der Waals surface area contributed by atoms with Crippen LogP contribution in [0.5, 0.6) is 0 Å². The van der Waals surface area contributed by atoms with Crippen LogP contribution in [0.3, 0.4) is 0 Å². The number of aromatic nitrogens is 1. The number of para-hydroxylation sites is 1. The number of hydrogen-bond donors (Lipinski definition) is 1. The third kappa shape index (κ3) is 4.65. The van der Waals surface area contributed by atoms with E-state index in [1.807, 2.05) is 35.2 Å². The highest BCUT2D eigenvalue weighted by molar-refractivity contribution is 7.14. The number of anilines is 2. The van der Waals surface area contributed by atoms with Crippen LogP contribution in [0.25, 0.3) is 0 Å². The average molecular weight is 428 g/mol. The number of likely N-dealkylation sites (tertiary alicyclic amines) is 1. The summed E-state index contributed by atoms with van der Waals surface area (Å²) in [6.45, 7) is 7.07. The van der Waals surface area contributed by atoms with Crippen LogP contribution < -0.4 is 5.32 Å². The highest BCUT2D eigenvalue weighted by Gasteiger charge is 2.36. The van der Waals surface area contributed by atoms with Gasteiger partial charge in [-0.1, -0.05) is 25.1 Å². The molecule has 0 aliphatic carbocycles. The van der Waals surface area contributed by atoms with E-state index in [0.717, 1.165) is 57.7 Å². The zero-order chi connectivity index (χ0) is 20.9. The minimum absolute atomic E-state index is 0.0941. The van der Waals surface area contributed by atoms with E-state index in [9.17, 15) is 9.59 Å². The van der Waals surface area contributed by atoms with Gasteiger partial charge in [0.2, 0.25) is 5.91 Å². The summed E-state index contributed by atoms with van der Waals surface area (Å²) in [4.78, 5) is 37.0. The number of carbonyl (C=O) groups excluding carboxylic acids is 2. The maximum absolute atomic E-state index is 13.2. The van der Waals surface area contributed by atoms with Crippen LogP contribution in [-0.2, 0) is 4.79 Å². The van der Waals surface area contributed by atoms with E-state index in [4.69, 9.17) is 0 Å². The summed E-state index contributed by atoms with van der Waals surface area (Å²) in [5.74, 6) is -0.0470. The lowest BCUT2D eigenvalue weighted by molar-refractivity contribution is -0.139. The Hall–Kier alpha value is -2.45. The molecule has 30 heavy (non-hydrogen) atoms. The number of thiazole rings is 1. The first-order chi connectivity index (χ1) is 14.7. The van der Waals surface area contributed by atoms with Crippen LogP contribution in [0, 0.1) is 0 Å². The molecule has 1 N–H and O–H groups in total. The van der Waals surface area contributed by atoms with Gasteiger partial charge in [-0.25, -0.2) is 4.98 Å². The molecule has 1 unspecified atom stereocenters. The number of amides is 2. The normalized spacial score (nSPS) is 20.2. The van der Waals surface area contributed by atoms with Crippen molar-refractivity contribution in [2.45, 2.75) is 32.2 Å². The topological polar surface area (TPSA) is 68.8 Å². The third-order valence-electron chi connectivity index (χ3n) is 5.93. The van der Waals surface area contributed by atoms with Crippen LogP contribution >= 0.6 is 11.3 Å². The third-order valence-corrected chi connectivity index (χ3v) is 6.69. The highest BCUT2D eigenvalue weighted by atomic mass is 32.1. The number of hydrogen-bond acceptors (Lipinski definition) is 6. The van der Waals surface area contributed by atoms with Crippen molar-refractivity contribution in [1.29, 1.82) is 0 Å². The molecule has 0 spiro atoms. The Morgan fingerprint density at radius 3 is 2.60 bits per heavy atom. The molecule has 3 heterocycles. The molecule has 8 heteroatoms. The minimum Gasteiger partial charge on any atom is -0.338 e. The number of likely N-dealkylation sites (N-methyl/N-ethyl adjacent to an activating group) is 1. The predicted octanol–water partition coefficient (Wildman–Crippen LogP) is 3.05. The van der Waals surface area contributed by atoms with E-state index in [1.54, 1.807) is 10.3 Å². The molecule has 2 saturated heterocycles. The highest BCUT2D eigenvalue weighted by Crippen LogP contribution is 2.25. The Morgan fingerprint density at radius 2 is 1.87 bits per heavy atom. The van der Waals surface area contributed by atoms with Gasteiger partial charge in [0.05, 0.1) is 0 Å². The molecular weight excluding hydrogens is 398 g/mol. The quantitative estimate of drug-likeness (QED) is 0.794. The fourth-order valence-corrected chi connectivity index (χ4v) is 4.85. The number of nitrogens with one attached hydrogen (secondary N) is 1. The number of nitrogens with zero attached hydrogens (tertiary/aromatic N) is 4. The first kappa shape index (κ1) is 20.8. The minimum atomic E-state index is -0.369. The molecule has 4 rings (SSSR count). The van der Waals surface area contributed by atoms with Crippen molar-refractivity contribution >= 4 is 34.0 Å². The molecule has 2 aromatic rings. The molecule has 0 radical (unpaired) electrons. The Bertz CT molecular complexity index is 863. The molecule has 0 bridgehead atoms. The zero-order valence-electron chi connectivity index (χ0n) is 17.4. The van der Waals surface area contributed by atoms with Crippen molar-refractivity contribution in [1.82, 2.24) is 19.7 Å². The summed E-state index contributed by atoms with van der Waals surface area (Å²) in [6.07, 6.45) is 2.64. The van der Waals surface area contributed by atoms with E-state index in [-0.39, 0.29) is 17.9 Å². The van der Waals surface area contributed by atoms with Gasteiger partial charge in [0, 0.05) is 43.8 Å². The molecule has 2 amide bonds. The van der Waals surface area contributed by atoms with Crippen molar-refractivity contribution in [3.05, 3.63) is 41.4 Å². The fraction of sp³-hybridized carbons (Fsp3) is 0.500. The van der Waals surface area contributed by atoms with Gasteiger partial charge in [0.1, 0.15) is 11.7 Å². The summed E-state index contributed by atoms with van der Waals surface area (Å²) in [5, 5.41) is 5.70. The van der Waals surface area contributed by atoms with Crippen LogP contribution in [0.4, 0.5) is 10.8 Å². The van der Waals surface area contributed by atoms with Gasteiger partial charge in [0.15, 0.2) is 5.13 Å². The number of piperidine rings is 1. The van der Waals surface area contributed by atoms with Crippen molar-refractivity contribution in [3.8, 4) is 0 Å². The molecule has 0 saturated carbocycles. The maximum Gasteiger partial charge on any atom is 0.274 e. The molecule has 2 aliphatic rings. The Balaban J connectivity index is 1.43. The first-order valence-corrected chi connectivity index (χ1v) is 11.6. The van der Waals surface area contributed by atoms with Crippen molar-refractivity contribution in [2.24, 2.45) is 0 Å². The second kappa shape index (κ2) is 9.57. The van der Waals surface area contributed by atoms with E-state index in [1.165, 1.54) is 11.3 Å². The van der Waals surface area contributed by atoms with Gasteiger partial charge in [-0.05, 0) is 37.9 Å². The summed E-state index contributed by atoms with van der Waals surface area (Å²) >= 11 is 1.41. The van der Waals surface area contributed by atoms with Gasteiger partial charge in [-0.2, -0.15) is 0 Å². The van der Waals surface area contributed by atoms with Crippen molar-refractivity contribution in [3.63, 3.8) is 0 Å². The van der Waals surface area contributed by atoms with E-state index in [2.05, 4.69) is 22.1 Å². The molecule has 160 valence electrons. The van der Waals surface area contributed by atoms with Gasteiger partial charge in [-0.3, -0.25) is 9.59 Å². The summed E-state index contributed by atoms with van der Waals surface area (Å²) in [6, 6.07) is 9.41. The Morgan fingerprint density at radius 1 is 1.10 bits per heavy atom. The number of piperazine rings is 1. The van der Waals surface area contributed by atoms with E-state index in [0.29, 0.717) is 17.4 Å². The van der Waals surface area contributed by atoms with Crippen LogP contribution in [-0.4, -0.2) is 76.8 Å². The second-order valence-corrected chi connectivity index (χ2v) is 8.66. The predicted molar refractivity (Wildman–Crippen MR) is 119 cm³/mol. The SMILES string of the molecule is CCN1CCN(C(=O)C2CCCCN2C(=O)c2csc(Nc3ccccc3)n2)CC1. The van der Waals surface area contributed by atoms with Gasteiger partial charge in [0.25, 0.3) is 5.91 Å². The number of carbonyl (C=O) groups is 2. The van der Waals surface area contributed by atoms with Crippen molar-refractivity contribution in [2.75, 3.05) is 44.6 Å². The standard InChI is InChI=1S/C22H29N5O2S/c1-2-25-12-14-26(15-13-25)21(29)19-10-6-7-11-27(19)20(28)18-16-30-22(24-18)23-17-8-4-3-5-9-17/h3-5,8-9,16,19H,2,6-7,10-15H2,1H3,(H,23,24). The average Bonchev–Trinajstić information content (AvgIpc) is 3.27. The molecule has 2 fully saturated rings. The summed E-state index contributed by atoms with van der Waals surface area (Å²) in [5.41, 5.74) is 1.34. The van der Waals surface area contributed by atoms with Gasteiger partial charge >= 0.3 is 0 Å². The second-order valence-electron chi connectivity index (χ2n) is 7.80. The van der Waals surface area contributed by atoms with Gasteiger partial charge in [-0.15, -0.1) is 11.3 Å². The lowest BCUT2D eigenvalue weighted by Crippen LogP contribution is -2.57. The molecule has 1 aromatic heterocycles. The number of rotatable bonds is 5. The summed E-state index contributed by atoms with van der Waals surface area (Å²) in [7, 11) is 0. The zero-order valence-corrected chi connectivity index (χ0v) is 18.2. The first-order valence-electron chi connectivity index (χ1n) is 10.8. The lowest BCUT2D eigenvalue weighted by atomic mass is 10.00. The van der Waals surface area contributed by atoms with Crippen LogP contribution in [0.1, 0.15) is 36.7 Å². The number of benzene rings is 1. The smallest absolute Gasteiger partial charge is 0.274 e. The molecular formula is C22H29N5O2S. The fourth-order valence-electron chi connectivity index (χ4n) is 4.15. The van der Waals surface area contributed by atoms with Crippen molar-refractivity contribution < 1.29 is 9.59 Å². The van der Waals surface area contributed by atoms with E-state index < -0.39 is 0 Å². The molecule has 7 nitrogen and oxygen atoms in total.